The number of nitrogens with zero attached hydrogens (tertiary/aromatic N) is 1. The van der Waals surface area contributed by atoms with Crippen LogP contribution >= 0.6 is 22.9 Å². The Bertz CT molecular complexity index is 647. The molecule has 18 heavy (non-hydrogen) atoms. The Hall–Kier alpha value is -1.58. The fourth-order valence-electron chi connectivity index (χ4n) is 1.68. The van der Waals surface area contributed by atoms with Crippen molar-refractivity contribution in [2.24, 2.45) is 0 Å². The van der Waals surface area contributed by atoms with Crippen LogP contribution in [0.3, 0.4) is 0 Å². The van der Waals surface area contributed by atoms with Gasteiger partial charge in [0.15, 0.2) is 0 Å². The molecule has 1 aromatic heterocycles. The molecule has 2 aromatic carbocycles. The molecule has 0 saturated heterocycles. The number of fused-ring (bicyclic) bond motifs is 1. The van der Waals surface area contributed by atoms with Gasteiger partial charge < -0.3 is 4.74 Å². The van der Waals surface area contributed by atoms with Gasteiger partial charge in [0.1, 0.15) is 17.4 Å². The van der Waals surface area contributed by atoms with Gasteiger partial charge in [0.05, 0.1) is 15.2 Å². The molecule has 3 aromatic rings. The summed E-state index contributed by atoms with van der Waals surface area (Å²) in [6.07, 6.45) is 0. The minimum Gasteiger partial charge on any atom is -0.485 e. The Morgan fingerprint density at radius 1 is 1.06 bits per heavy atom. The van der Waals surface area contributed by atoms with Crippen molar-refractivity contribution in [1.29, 1.82) is 0 Å². The Balaban J connectivity index is 1.79. The summed E-state index contributed by atoms with van der Waals surface area (Å²) in [6, 6.07) is 15.5. The van der Waals surface area contributed by atoms with Gasteiger partial charge in [0.25, 0.3) is 0 Å². The van der Waals surface area contributed by atoms with Crippen LogP contribution in [0.1, 0.15) is 5.01 Å². The van der Waals surface area contributed by atoms with E-state index in [2.05, 4.69) is 11.1 Å². The van der Waals surface area contributed by atoms with E-state index >= 15 is 0 Å². The second-order valence-electron chi connectivity index (χ2n) is 3.79. The standard InChI is InChI=1S/C14H10ClNOS/c15-10-5-1-3-7-12(10)17-9-14-16-11-6-2-4-8-13(11)18-14/h1-8H,9H2. The number of benzene rings is 2. The maximum Gasteiger partial charge on any atom is 0.140 e. The molecule has 0 unspecified atom stereocenters. The molecule has 0 amide bonds. The van der Waals surface area contributed by atoms with E-state index in [1.165, 1.54) is 4.70 Å². The van der Waals surface area contributed by atoms with Gasteiger partial charge in [0.2, 0.25) is 0 Å². The molecule has 0 saturated carbocycles. The first-order valence-electron chi connectivity index (χ1n) is 5.55. The smallest absolute Gasteiger partial charge is 0.140 e. The van der Waals surface area contributed by atoms with Crippen molar-refractivity contribution < 1.29 is 4.74 Å². The van der Waals surface area contributed by atoms with E-state index < -0.39 is 0 Å². The molecule has 0 aliphatic heterocycles. The summed E-state index contributed by atoms with van der Waals surface area (Å²) >= 11 is 7.67. The molecule has 3 rings (SSSR count). The summed E-state index contributed by atoms with van der Waals surface area (Å²) in [5.41, 5.74) is 1.01. The van der Waals surface area contributed by atoms with E-state index in [-0.39, 0.29) is 0 Å². The summed E-state index contributed by atoms with van der Waals surface area (Å²) in [5, 5.41) is 1.58. The van der Waals surface area contributed by atoms with Crippen molar-refractivity contribution in [3.63, 3.8) is 0 Å². The van der Waals surface area contributed by atoms with Crippen molar-refractivity contribution in [3.05, 3.63) is 58.6 Å². The first-order valence-corrected chi connectivity index (χ1v) is 6.74. The van der Waals surface area contributed by atoms with Gasteiger partial charge in [-0.25, -0.2) is 4.98 Å². The predicted molar refractivity (Wildman–Crippen MR) is 75.4 cm³/mol. The summed E-state index contributed by atoms with van der Waals surface area (Å²) in [5.74, 6) is 0.693. The highest BCUT2D eigenvalue weighted by atomic mass is 35.5. The topological polar surface area (TPSA) is 22.1 Å². The largest absolute Gasteiger partial charge is 0.485 e. The molecule has 2 nitrogen and oxygen atoms in total. The quantitative estimate of drug-likeness (QED) is 0.701. The molecule has 0 spiro atoms. The van der Waals surface area contributed by atoms with Gasteiger partial charge in [-0.1, -0.05) is 35.9 Å². The monoisotopic (exact) mass is 275 g/mol. The van der Waals surface area contributed by atoms with Crippen LogP contribution in [0, 0.1) is 0 Å². The molecule has 0 aliphatic carbocycles. The van der Waals surface area contributed by atoms with Crippen LogP contribution in [0.5, 0.6) is 5.75 Å². The fraction of sp³-hybridized carbons (Fsp3) is 0.0714. The SMILES string of the molecule is Clc1ccccc1OCc1nc2ccccc2s1. The number of halogens is 1. The molecule has 0 aliphatic rings. The molecule has 4 heteroatoms. The van der Waals surface area contributed by atoms with Gasteiger partial charge in [-0.2, -0.15) is 0 Å². The molecule has 0 N–H and O–H groups in total. The Kier molecular flexibility index (Phi) is 3.17. The molecule has 1 heterocycles. The van der Waals surface area contributed by atoms with Crippen LogP contribution in [-0.4, -0.2) is 4.98 Å². The van der Waals surface area contributed by atoms with Gasteiger partial charge >= 0.3 is 0 Å². The van der Waals surface area contributed by atoms with Crippen molar-refractivity contribution in [1.82, 2.24) is 4.98 Å². The second kappa shape index (κ2) is 4.96. The zero-order valence-corrected chi connectivity index (χ0v) is 11.0. The summed E-state index contributed by atoms with van der Waals surface area (Å²) in [4.78, 5) is 4.51. The van der Waals surface area contributed by atoms with E-state index in [0.29, 0.717) is 17.4 Å². The molecular formula is C14H10ClNOS. The van der Waals surface area contributed by atoms with E-state index in [4.69, 9.17) is 16.3 Å². The highest BCUT2D eigenvalue weighted by molar-refractivity contribution is 7.18. The molecule has 0 radical (unpaired) electrons. The number of ether oxygens (including phenoxy) is 1. The number of para-hydroxylation sites is 2. The molecular weight excluding hydrogens is 266 g/mol. The van der Waals surface area contributed by atoms with Crippen LogP contribution in [0.4, 0.5) is 0 Å². The lowest BCUT2D eigenvalue weighted by Gasteiger charge is -2.04. The number of hydrogen-bond donors (Lipinski definition) is 0. The second-order valence-corrected chi connectivity index (χ2v) is 5.32. The van der Waals surface area contributed by atoms with E-state index in [1.54, 1.807) is 11.3 Å². The average Bonchev–Trinajstić information content (AvgIpc) is 2.80. The highest BCUT2D eigenvalue weighted by Gasteiger charge is 2.05. The minimum absolute atomic E-state index is 0.448. The zero-order valence-electron chi connectivity index (χ0n) is 9.47. The molecule has 0 bridgehead atoms. The van der Waals surface area contributed by atoms with Crippen LogP contribution in [0.25, 0.3) is 10.2 Å². The van der Waals surface area contributed by atoms with E-state index in [0.717, 1.165) is 10.5 Å². The predicted octanol–water partition coefficient (Wildman–Crippen LogP) is 4.53. The van der Waals surface area contributed by atoms with E-state index in [1.807, 2.05) is 42.5 Å². The third-order valence-corrected chi connectivity index (χ3v) is 3.85. The van der Waals surface area contributed by atoms with Gasteiger partial charge in [0, 0.05) is 0 Å². The van der Waals surface area contributed by atoms with Crippen molar-refractivity contribution in [2.75, 3.05) is 0 Å². The number of hydrogen-bond acceptors (Lipinski definition) is 3. The summed E-state index contributed by atoms with van der Waals surface area (Å²) in [6.45, 7) is 0.448. The van der Waals surface area contributed by atoms with Crippen LogP contribution in [-0.2, 0) is 6.61 Å². The van der Waals surface area contributed by atoms with Gasteiger partial charge in [-0.15, -0.1) is 11.3 Å². The van der Waals surface area contributed by atoms with Crippen LogP contribution in [0.2, 0.25) is 5.02 Å². The Morgan fingerprint density at radius 3 is 2.67 bits per heavy atom. The first kappa shape index (κ1) is 11.5. The first-order chi connectivity index (χ1) is 8.83. The fourth-order valence-corrected chi connectivity index (χ4v) is 2.75. The molecule has 0 atom stereocenters. The van der Waals surface area contributed by atoms with E-state index in [9.17, 15) is 0 Å². The lowest BCUT2D eigenvalue weighted by atomic mass is 10.3. The summed E-state index contributed by atoms with van der Waals surface area (Å²) in [7, 11) is 0. The normalized spacial score (nSPS) is 10.7. The van der Waals surface area contributed by atoms with Crippen LogP contribution < -0.4 is 4.74 Å². The number of thiazole rings is 1. The molecule has 90 valence electrons. The number of aromatic nitrogens is 1. The summed E-state index contributed by atoms with van der Waals surface area (Å²) < 4.78 is 6.84. The van der Waals surface area contributed by atoms with Crippen molar-refractivity contribution >= 4 is 33.2 Å². The number of rotatable bonds is 3. The Morgan fingerprint density at radius 2 is 1.83 bits per heavy atom. The Labute approximate surface area is 114 Å². The lowest BCUT2D eigenvalue weighted by molar-refractivity contribution is 0.306. The van der Waals surface area contributed by atoms with Crippen molar-refractivity contribution in [3.8, 4) is 5.75 Å². The maximum absolute atomic E-state index is 6.03. The maximum atomic E-state index is 6.03. The van der Waals surface area contributed by atoms with Gasteiger partial charge in [-0.05, 0) is 24.3 Å². The zero-order chi connectivity index (χ0) is 12.4. The van der Waals surface area contributed by atoms with Crippen LogP contribution in [0.15, 0.2) is 48.5 Å². The third-order valence-electron chi connectivity index (χ3n) is 2.53. The molecule has 0 fully saturated rings. The van der Waals surface area contributed by atoms with Crippen molar-refractivity contribution in [2.45, 2.75) is 6.61 Å². The lowest BCUT2D eigenvalue weighted by Crippen LogP contribution is -1.94. The van der Waals surface area contributed by atoms with Gasteiger partial charge in [-0.3, -0.25) is 0 Å². The average molecular weight is 276 g/mol. The third kappa shape index (κ3) is 2.33. The minimum atomic E-state index is 0.448. The highest BCUT2D eigenvalue weighted by Crippen LogP contribution is 2.26.